The highest BCUT2D eigenvalue weighted by Crippen LogP contribution is 2.45. The molecule has 5 rings (SSSR count). The Morgan fingerprint density at radius 3 is 2.14 bits per heavy atom. The van der Waals surface area contributed by atoms with Crippen LogP contribution in [0.4, 0.5) is 4.79 Å². The Hall–Kier alpha value is -3.35. The molecule has 0 radical (unpaired) electrons. The fourth-order valence-electron chi connectivity index (χ4n) is 5.92. The highest BCUT2D eigenvalue weighted by molar-refractivity contribution is 5.87. The van der Waals surface area contributed by atoms with Crippen LogP contribution in [0, 0.1) is 11.3 Å². The fourth-order valence-corrected chi connectivity index (χ4v) is 5.92. The van der Waals surface area contributed by atoms with E-state index in [0.29, 0.717) is 6.54 Å². The van der Waals surface area contributed by atoms with E-state index in [2.05, 4.69) is 29.6 Å². The number of fused-ring (bicyclic) bond motifs is 3. The van der Waals surface area contributed by atoms with Crippen molar-refractivity contribution in [2.75, 3.05) is 13.2 Å². The minimum atomic E-state index is -0.993. The first-order valence-electron chi connectivity index (χ1n) is 12.3. The second kappa shape index (κ2) is 8.40. The van der Waals surface area contributed by atoms with Crippen molar-refractivity contribution in [3.8, 4) is 11.1 Å². The van der Waals surface area contributed by atoms with Crippen molar-refractivity contribution in [3.63, 3.8) is 0 Å². The molecule has 2 unspecified atom stereocenters. The Morgan fingerprint density at radius 1 is 1.06 bits per heavy atom. The first-order chi connectivity index (χ1) is 16.6. The zero-order chi connectivity index (χ0) is 25.0. The number of carbonyl (C=O) groups is 3. The van der Waals surface area contributed by atoms with E-state index in [0.717, 1.165) is 35.1 Å². The van der Waals surface area contributed by atoms with E-state index in [9.17, 15) is 19.5 Å². The van der Waals surface area contributed by atoms with Crippen LogP contribution >= 0.6 is 0 Å². The molecule has 1 saturated heterocycles. The summed E-state index contributed by atoms with van der Waals surface area (Å²) >= 11 is 0. The number of ether oxygens (including phenoxy) is 1. The second-order valence-corrected chi connectivity index (χ2v) is 11.1. The van der Waals surface area contributed by atoms with Gasteiger partial charge < -0.3 is 20.1 Å². The van der Waals surface area contributed by atoms with Crippen LogP contribution in [0.25, 0.3) is 11.1 Å². The Bertz CT molecular complexity index is 1140. The lowest BCUT2D eigenvalue weighted by Crippen LogP contribution is -2.68. The third-order valence-electron chi connectivity index (χ3n) is 7.91. The predicted molar refractivity (Wildman–Crippen MR) is 131 cm³/mol. The molecule has 184 valence electrons. The average molecular weight is 477 g/mol. The molecular formula is C28H32N2O5. The Morgan fingerprint density at radius 2 is 1.63 bits per heavy atom. The molecular weight excluding hydrogens is 444 g/mol. The lowest BCUT2D eigenvalue weighted by molar-refractivity contribution is -0.172. The smallest absolute Gasteiger partial charge is 0.407 e. The molecule has 0 spiro atoms. The van der Waals surface area contributed by atoms with Gasteiger partial charge in [-0.05, 0) is 47.9 Å². The summed E-state index contributed by atoms with van der Waals surface area (Å²) in [4.78, 5) is 39.1. The van der Waals surface area contributed by atoms with Gasteiger partial charge in [0.1, 0.15) is 12.6 Å². The number of hydrogen-bond acceptors (Lipinski definition) is 4. The van der Waals surface area contributed by atoms with Crippen LogP contribution in [0.15, 0.2) is 48.5 Å². The Balaban J connectivity index is 1.25. The molecule has 0 bridgehead atoms. The molecule has 7 heteroatoms. The van der Waals surface area contributed by atoms with Crippen LogP contribution in [0.1, 0.15) is 57.1 Å². The number of amides is 2. The minimum absolute atomic E-state index is 0.0402. The van der Waals surface area contributed by atoms with Crippen LogP contribution in [0.2, 0.25) is 0 Å². The van der Waals surface area contributed by atoms with Gasteiger partial charge in [0.15, 0.2) is 0 Å². The zero-order valence-corrected chi connectivity index (χ0v) is 20.4. The van der Waals surface area contributed by atoms with E-state index in [1.165, 1.54) is 4.90 Å². The maximum atomic E-state index is 13.1. The summed E-state index contributed by atoms with van der Waals surface area (Å²) in [5.41, 5.74) is 3.37. The van der Waals surface area contributed by atoms with E-state index in [-0.39, 0.29) is 30.8 Å². The molecule has 2 fully saturated rings. The van der Waals surface area contributed by atoms with Crippen molar-refractivity contribution in [2.24, 2.45) is 11.3 Å². The molecule has 2 amide bonds. The normalized spacial score (nSPS) is 21.8. The van der Waals surface area contributed by atoms with E-state index >= 15 is 0 Å². The van der Waals surface area contributed by atoms with Gasteiger partial charge in [-0.15, -0.1) is 0 Å². The molecule has 7 nitrogen and oxygen atoms in total. The zero-order valence-electron chi connectivity index (χ0n) is 20.4. The van der Waals surface area contributed by atoms with Crippen LogP contribution in [0.3, 0.4) is 0 Å². The highest BCUT2D eigenvalue weighted by Gasteiger charge is 2.54. The van der Waals surface area contributed by atoms with Crippen LogP contribution in [-0.2, 0) is 14.3 Å². The third kappa shape index (κ3) is 4.17. The number of carboxylic acids is 1. The third-order valence-corrected chi connectivity index (χ3v) is 7.91. The summed E-state index contributed by atoms with van der Waals surface area (Å²) in [6.45, 7) is 6.17. The number of carbonyl (C=O) groups excluding carboxylic acids is 2. The van der Waals surface area contributed by atoms with Gasteiger partial charge in [-0.2, -0.15) is 0 Å². The number of aliphatic carboxylic acids is 1. The molecule has 2 atom stereocenters. The second-order valence-electron chi connectivity index (χ2n) is 11.1. The van der Waals surface area contributed by atoms with Crippen LogP contribution < -0.4 is 5.32 Å². The maximum Gasteiger partial charge on any atom is 0.407 e. The van der Waals surface area contributed by atoms with Gasteiger partial charge in [-0.3, -0.25) is 4.79 Å². The SMILES string of the molecule is CC1(C)CN(C(=O)CC(C)(NC(=O)OCC2c3ccccc3-c3ccccc32)C2CC2)C1C(=O)O. The van der Waals surface area contributed by atoms with Gasteiger partial charge in [0, 0.05) is 17.9 Å². The highest BCUT2D eigenvalue weighted by atomic mass is 16.5. The summed E-state index contributed by atoms with van der Waals surface area (Å²) < 4.78 is 5.72. The number of rotatable bonds is 7. The van der Waals surface area contributed by atoms with Gasteiger partial charge in [0.2, 0.25) is 5.91 Å². The molecule has 1 heterocycles. The Kier molecular flexibility index (Phi) is 5.61. The fraction of sp³-hybridized carbons (Fsp3) is 0.464. The number of carboxylic acid groups (broad SMARTS) is 1. The van der Waals surface area contributed by atoms with Gasteiger partial charge in [0.25, 0.3) is 0 Å². The Labute approximate surface area is 205 Å². The molecule has 0 aromatic heterocycles. The summed E-state index contributed by atoms with van der Waals surface area (Å²) in [5.74, 6) is -1.11. The maximum absolute atomic E-state index is 13.1. The van der Waals surface area contributed by atoms with E-state index < -0.39 is 29.1 Å². The van der Waals surface area contributed by atoms with Gasteiger partial charge in [-0.1, -0.05) is 62.4 Å². The molecule has 1 saturated carbocycles. The number of benzene rings is 2. The van der Waals surface area contributed by atoms with E-state index in [1.54, 1.807) is 0 Å². The van der Waals surface area contributed by atoms with Crippen molar-refractivity contribution in [1.82, 2.24) is 10.2 Å². The first-order valence-corrected chi connectivity index (χ1v) is 12.3. The molecule has 2 aromatic carbocycles. The number of likely N-dealkylation sites (tertiary alicyclic amines) is 1. The number of alkyl carbamates (subject to hydrolysis) is 1. The summed E-state index contributed by atoms with van der Waals surface area (Å²) in [7, 11) is 0. The lowest BCUT2D eigenvalue weighted by atomic mass is 9.74. The predicted octanol–water partition coefficient (Wildman–Crippen LogP) is 4.41. The van der Waals surface area contributed by atoms with Gasteiger partial charge >= 0.3 is 12.1 Å². The van der Waals surface area contributed by atoms with Crippen LogP contribution in [-0.4, -0.2) is 52.7 Å². The summed E-state index contributed by atoms with van der Waals surface area (Å²) in [5, 5.41) is 12.6. The number of hydrogen-bond donors (Lipinski definition) is 2. The van der Waals surface area contributed by atoms with Crippen molar-refractivity contribution in [1.29, 1.82) is 0 Å². The van der Waals surface area contributed by atoms with E-state index in [4.69, 9.17) is 4.74 Å². The minimum Gasteiger partial charge on any atom is -0.480 e. The van der Waals surface area contributed by atoms with Gasteiger partial charge in [0.05, 0.1) is 12.0 Å². The largest absolute Gasteiger partial charge is 0.480 e. The average Bonchev–Trinajstić information content (AvgIpc) is 3.60. The number of nitrogens with one attached hydrogen (secondary N) is 1. The molecule has 1 aliphatic heterocycles. The van der Waals surface area contributed by atoms with Crippen molar-refractivity contribution in [2.45, 2.75) is 57.5 Å². The molecule has 2 N–H and O–H groups in total. The standard InChI is InChI=1S/C28H32N2O5/c1-27(2)16-30(24(27)25(32)33)23(31)14-28(3,17-12-13-17)29-26(34)35-15-22-20-10-6-4-8-18(20)19-9-5-7-11-21(19)22/h4-11,17,22,24H,12-16H2,1-3H3,(H,29,34)(H,32,33). The van der Waals surface area contributed by atoms with Crippen LogP contribution in [0.5, 0.6) is 0 Å². The van der Waals surface area contributed by atoms with Crippen molar-refractivity contribution < 1.29 is 24.2 Å². The molecule has 2 aromatic rings. The number of nitrogens with zero attached hydrogens (tertiary/aromatic N) is 1. The molecule has 35 heavy (non-hydrogen) atoms. The van der Waals surface area contributed by atoms with E-state index in [1.807, 2.05) is 45.0 Å². The quantitative estimate of drug-likeness (QED) is 0.617. The lowest BCUT2D eigenvalue weighted by Gasteiger charge is -2.52. The topological polar surface area (TPSA) is 95.9 Å². The summed E-state index contributed by atoms with van der Waals surface area (Å²) in [6.07, 6.45) is 1.34. The molecule has 3 aliphatic rings. The monoisotopic (exact) mass is 476 g/mol. The molecule has 2 aliphatic carbocycles. The summed E-state index contributed by atoms with van der Waals surface area (Å²) in [6, 6.07) is 15.5. The van der Waals surface area contributed by atoms with Gasteiger partial charge in [-0.25, -0.2) is 9.59 Å². The van der Waals surface area contributed by atoms with Crippen molar-refractivity contribution in [3.05, 3.63) is 59.7 Å². The first kappa shape index (κ1) is 23.4. The van der Waals surface area contributed by atoms with Crippen molar-refractivity contribution >= 4 is 18.0 Å².